The molecule has 3 aromatic heterocycles. The first-order valence-corrected chi connectivity index (χ1v) is 9.15. The second-order valence-electron chi connectivity index (χ2n) is 6.29. The molecule has 0 unspecified atom stereocenters. The maximum atomic E-state index is 13.9. The third-order valence-electron chi connectivity index (χ3n) is 4.39. The van der Waals surface area contributed by atoms with Crippen LogP contribution in [0.5, 0.6) is 5.75 Å². The smallest absolute Gasteiger partial charge is 0.205 e. The van der Waals surface area contributed by atoms with Gasteiger partial charge in [-0.15, -0.1) is 0 Å². The molecule has 4 rings (SSSR count). The molecule has 0 radical (unpaired) electrons. The number of aromatic nitrogens is 1. The molecule has 0 saturated carbocycles. The minimum Gasteiger partial charge on any atom is -0.478 e. The molecule has 0 saturated heterocycles. The van der Waals surface area contributed by atoms with Gasteiger partial charge in [-0.05, 0) is 38.1 Å². The highest BCUT2D eigenvalue weighted by molar-refractivity contribution is 6.36. The molecular weight excluding hydrogens is 406 g/mol. The Labute approximate surface area is 169 Å². The van der Waals surface area contributed by atoms with Gasteiger partial charge in [0.25, 0.3) is 0 Å². The molecule has 5 nitrogen and oxygen atoms in total. The molecule has 1 atom stereocenters. The van der Waals surface area contributed by atoms with Crippen molar-refractivity contribution in [2.75, 3.05) is 5.73 Å². The molecule has 0 aliphatic heterocycles. The Morgan fingerprint density at radius 1 is 1.21 bits per heavy atom. The SMILES string of the molecule is Cc1ccc(-c2coc3c(O[C@H](C)c4c(Cl)ccc(F)c4Cl)c(N)ncc23)o1. The van der Waals surface area contributed by atoms with Crippen LogP contribution in [0.4, 0.5) is 10.2 Å². The molecule has 144 valence electrons. The quantitative estimate of drug-likeness (QED) is 0.378. The van der Waals surface area contributed by atoms with Gasteiger partial charge in [-0.2, -0.15) is 0 Å². The van der Waals surface area contributed by atoms with Gasteiger partial charge >= 0.3 is 0 Å². The van der Waals surface area contributed by atoms with Crippen molar-refractivity contribution in [2.45, 2.75) is 20.0 Å². The molecule has 0 aliphatic carbocycles. The second-order valence-corrected chi connectivity index (χ2v) is 7.08. The van der Waals surface area contributed by atoms with Crippen LogP contribution in [0.2, 0.25) is 10.0 Å². The van der Waals surface area contributed by atoms with Gasteiger partial charge in [-0.1, -0.05) is 23.2 Å². The Morgan fingerprint density at radius 2 is 2.00 bits per heavy atom. The lowest BCUT2D eigenvalue weighted by Gasteiger charge is -2.18. The standard InChI is InChI=1S/C20H15Cl2FN2O3/c1-9-3-6-15(27-9)12-8-26-18-11(12)7-25-20(24)19(18)28-10(2)16-13(21)4-5-14(23)17(16)22/h3-8,10H,1-2H3,(H2,24,25)/t10-/m1/s1. The van der Waals surface area contributed by atoms with Gasteiger partial charge in [0.15, 0.2) is 11.4 Å². The van der Waals surface area contributed by atoms with Crippen LogP contribution in [0.15, 0.2) is 45.6 Å². The number of ether oxygens (including phenoxy) is 1. The summed E-state index contributed by atoms with van der Waals surface area (Å²) >= 11 is 12.3. The fourth-order valence-electron chi connectivity index (χ4n) is 3.02. The molecule has 28 heavy (non-hydrogen) atoms. The Balaban J connectivity index is 1.78. The summed E-state index contributed by atoms with van der Waals surface area (Å²) in [6.45, 7) is 3.54. The number of rotatable bonds is 4. The number of furan rings is 2. The van der Waals surface area contributed by atoms with Gasteiger partial charge in [0.2, 0.25) is 5.75 Å². The first-order valence-electron chi connectivity index (χ1n) is 8.39. The van der Waals surface area contributed by atoms with Crippen LogP contribution in [0, 0.1) is 12.7 Å². The number of hydrogen-bond donors (Lipinski definition) is 1. The van der Waals surface area contributed by atoms with Crippen LogP contribution >= 0.6 is 23.2 Å². The molecule has 0 fully saturated rings. The summed E-state index contributed by atoms with van der Waals surface area (Å²) in [4.78, 5) is 4.19. The van der Waals surface area contributed by atoms with Crippen molar-refractivity contribution in [1.29, 1.82) is 0 Å². The number of nitrogens with two attached hydrogens (primary N) is 1. The molecule has 0 amide bonds. The monoisotopic (exact) mass is 420 g/mol. The number of fused-ring (bicyclic) bond motifs is 1. The Kier molecular flexibility index (Phi) is 4.69. The third kappa shape index (κ3) is 3.08. The summed E-state index contributed by atoms with van der Waals surface area (Å²) in [6, 6.07) is 6.31. The second kappa shape index (κ2) is 7.04. The zero-order chi connectivity index (χ0) is 20.0. The molecule has 4 aromatic rings. The highest BCUT2D eigenvalue weighted by Gasteiger charge is 2.23. The van der Waals surface area contributed by atoms with E-state index >= 15 is 0 Å². The van der Waals surface area contributed by atoms with Crippen LogP contribution in [-0.2, 0) is 0 Å². The summed E-state index contributed by atoms with van der Waals surface area (Å²) in [7, 11) is 0. The normalized spacial score (nSPS) is 12.5. The van der Waals surface area contributed by atoms with Crippen LogP contribution in [-0.4, -0.2) is 4.98 Å². The number of nitrogens with zero attached hydrogens (tertiary/aromatic N) is 1. The topological polar surface area (TPSA) is 74.4 Å². The highest BCUT2D eigenvalue weighted by atomic mass is 35.5. The molecule has 2 N–H and O–H groups in total. The maximum absolute atomic E-state index is 13.9. The van der Waals surface area contributed by atoms with E-state index in [1.165, 1.54) is 12.1 Å². The number of anilines is 1. The molecular formula is C20H15Cl2FN2O3. The van der Waals surface area contributed by atoms with E-state index in [4.69, 9.17) is 42.5 Å². The van der Waals surface area contributed by atoms with Crippen molar-refractivity contribution in [3.63, 3.8) is 0 Å². The zero-order valence-electron chi connectivity index (χ0n) is 14.9. The van der Waals surface area contributed by atoms with Crippen LogP contribution in [0.1, 0.15) is 24.4 Å². The fraction of sp³-hybridized carbons (Fsp3) is 0.150. The predicted molar refractivity (Wildman–Crippen MR) is 106 cm³/mol. The summed E-state index contributed by atoms with van der Waals surface area (Å²) < 4.78 is 31.2. The maximum Gasteiger partial charge on any atom is 0.205 e. The van der Waals surface area contributed by atoms with E-state index in [-0.39, 0.29) is 21.6 Å². The highest BCUT2D eigenvalue weighted by Crippen LogP contribution is 2.41. The van der Waals surface area contributed by atoms with E-state index < -0.39 is 11.9 Å². The van der Waals surface area contributed by atoms with Crippen molar-refractivity contribution in [1.82, 2.24) is 4.98 Å². The van der Waals surface area contributed by atoms with Gasteiger partial charge in [0.1, 0.15) is 29.7 Å². The largest absolute Gasteiger partial charge is 0.478 e. The lowest BCUT2D eigenvalue weighted by molar-refractivity contribution is 0.227. The Hall–Kier alpha value is -2.70. The first kappa shape index (κ1) is 18.7. The van der Waals surface area contributed by atoms with E-state index in [1.54, 1.807) is 19.4 Å². The summed E-state index contributed by atoms with van der Waals surface area (Å²) in [6.07, 6.45) is 2.43. The van der Waals surface area contributed by atoms with E-state index in [9.17, 15) is 4.39 Å². The number of hydrogen-bond acceptors (Lipinski definition) is 5. The number of nitrogen functional groups attached to an aromatic ring is 1. The summed E-state index contributed by atoms with van der Waals surface area (Å²) in [5.74, 6) is 1.16. The van der Waals surface area contributed by atoms with Crippen LogP contribution in [0.25, 0.3) is 22.3 Å². The van der Waals surface area contributed by atoms with Gasteiger partial charge in [-0.25, -0.2) is 9.37 Å². The van der Waals surface area contributed by atoms with E-state index in [0.29, 0.717) is 22.3 Å². The first-order chi connectivity index (χ1) is 13.4. The molecule has 1 aromatic carbocycles. The average Bonchev–Trinajstić information content (AvgIpc) is 3.27. The minimum absolute atomic E-state index is 0.107. The Morgan fingerprint density at radius 3 is 2.71 bits per heavy atom. The number of halogens is 3. The Bertz CT molecular complexity index is 1190. The minimum atomic E-state index is -0.704. The average molecular weight is 421 g/mol. The molecule has 0 aliphatic rings. The third-order valence-corrected chi connectivity index (χ3v) is 5.10. The zero-order valence-corrected chi connectivity index (χ0v) is 16.4. The number of benzene rings is 1. The fourth-order valence-corrected chi connectivity index (χ4v) is 3.69. The summed E-state index contributed by atoms with van der Waals surface area (Å²) in [5.41, 5.74) is 7.44. The van der Waals surface area contributed by atoms with Gasteiger partial charge in [0.05, 0.1) is 16.0 Å². The van der Waals surface area contributed by atoms with Crippen molar-refractivity contribution in [3.05, 3.63) is 63.9 Å². The van der Waals surface area contributed by atoms with Gasteiger partial charge in [0, 0.05) is 16.8 Å². The van der Waals surface area contributed by atoms with Gasteiger partial charge in [-0.3, -0.25) is 0 Å². The van der Waals surface area contributed by atoms with Crippen molar-refractivity contribution in [2.24, 2.45) is 0 Å². The number of aryl methyl sites for hydroxylation is 1. The van der Waals surface area contributed by atoms with E-state index in [0.717, 1.165) is 11.3 Å². The molecule has 0 bridgehead atoms. The number of pyridine rings is 1. The summed E-state index contributed by atoms with van der Waals surface area (Å²) in [5, 5.41) is 0.843. The van der Waals surface area contributed by atoms with E-state index in [2.05, 4.69) is 4.98 Å². The van der Waals surface area contributed by atoms with E-state index in [1.807, 2.05) is 19.1 Å². The van der Waals surface area contributed by atoms with Crippen LogP contribution in [0.3, 0.4) is 0 Å². The van der Waals surface area contributed by atoms with Gasteiger partial charge < -0.3 is 19.3 Å². The molecule has 0 spiro atoms. The van der Waals surface area contributed by atoms with Crippen molar-refractivity contribution in [3.8, 4) is 17.1 Å². The van der Waals surface area contributed by atoms with Crippen LogP contribution < -0.4 is 10.5 Å². The van der Waals surface area contributed by atoms with Crippen molar-refractivity contribution >= 4 is 40.0 Å². The predicted octanol–water partition coefficient (Wildman–Crippen LogP) is 6.56. The lowest BCUT2D eigenvalue weighted by Crippen LogP contribution is -2.08. The molecule has 8 heteroatoms. The molecule has 3 heterocycles. The lowest BCUT2D eigenvalue weighted by atomic mass is 10.1. The van der Waals surface area contributed by atoms with Crippen molar-refractivity contribution < 1.29 is 18.0 Å².